The molecule has 0 saturated carbocycles. The highest BCUT2D eigenvalue weighted by Crippen LogP contribution is 2.31. The molecular formula is C31H23FN4O5. The van der Waals surface area contributed by atoms with Crippen molar-refractivity contribution in [3.05, 3.63) is 112 Å². The number of carbonyl (C=O) groups excluding carboxylic acids is 2. The Morgan fingerprint density at radius 3 is 2.51 bits per heavy atom. The van der Waals surface area contributed by atoms with Gasteiger partial charge in [0.2, 0.25) is 0 Å². The average Bonchev–Trinajstić information content (AvgIpc) is 2.98. The number of carbonyl (C=O) groups is 2. The Labute approximate surface area is 233 Å². The van der Waals surface area contributed by atoms with E-state index in [0.717, 1.165) is 10.9 Å². The number of nitrogens with zero attached hydrogens (tertiary/aromatic N) is 3. The van der Waals surface area contributed by atoms with Gasteiger partial charge in [0.25, 0.3) is 11.5 Å². The van der Waals surface area contributed by atoms with Crippen molar-refractivity contribution >= 4 is 28.4 Å². The van der Waals surface area contributed by atoms with Crippen LogP contribution in [0.15, 0.2) is 83.9 Å². The molecule has 41 heavy (non-hydrogen) atoms. The van der Waals surface area contributed by atoms with Gasteiger partial charge in [-0.3, -0.25) is 23.9 Å². The number of benzene rings is 2. The fraction of sp³-hybridized carbons (Fsp3) is 0.129. The lowest BCUT2D eigenvalue weighted by Gasteiger charge is -2.21. The molecule has 1 amide bonds. The van der Waals surface area contributed by atoms with Crippen LogP contribution < -0.4 is 20.3 Å². The molecule has 3 aromatic heterocycles. The van der Waals surface area contributed by atoms with Gasteiger partial charge >= 0.3 is 0 Å². The first-order valence-corrected chi connectivity index (χ1v) is 12.9. The van der Waals surface area contributed by atoms with Crippen molar-refractivity contribution in [2.24, 2.45) is 0 Å². The summed E-state index contributed by atoms with van der Waals surface area (Å²) < 4.78 is 26.2. The topological polar surface area (TPSA) is 112 Å². The number of halogens is 1. The number of methoxy groups -OCH3 is 1. The molecule has 204 valence electrons. The smallest absolute Gasteiger partial charge is 0.268 e. The van der Waals surface area contributed by atoms with Gasteiger partial charge in [0.1, 0.15) is 34.4 Å². The van der Waals surface area contributed by atoms with E-state index in [1.807, 2.05) is 18.2 Å². The summed E-state index contributed by atoms with van der Waals surface area (Å²) >= 11 is 0. The van der Waals surface area contributed by atoms with Gasteiger partial charge < -0.3 is 14.8 Å². The van der Waals surface area contributed by atoms with E-state index in [4.69, 9.17) is 9.47 Å². The monoisotopic (exact) mass is 550 g/mol. The number of anilines is 1. The van der Waals surface area contributed by atoms with Gasteiger partial charge in [0, 0.05) is 34.9 Å². The van der Waals surface area contributed by atoms with Gasteiger partial charge in [0.15, 0.2) is 5.78 Å². The third-order valence-corrected chi connectivity index (χ3v) is 6.86. The molecule has 0 unspecified atom stereocenters. The Morgan fingerprint density at radius 1 is 0.951 bits per heavy atom. The van der Waals surface area contributed by atoms with Crippen molar-refractivity contribution in [2.45, 2.75) is 19.3 Å². The van der Waals surface area contributed by atoms with Crippen LogP contribution in [0.3, 0.4) is 0 Å². The van der Waals surface area contributed by atoms with Gasteiger partial charge in [-0.1, -0.05) is 0 Å². The predicted octanol–water partition coefficient (Wildman–Crippen LogP) is 5.49. The second-order valence-electron chi connectivity index (χ2n) is 9.44. The molecule has 10 heteroatoms. The van der Waals surface area contributed by atoms with Crippen molar-refractivity contribution in [1.82, 2.24) is 14.5 Å². The van der Waals surface area contributed by atoms with E-state index < -0.39 is 17.3 Å². The molecule has 2 aromatic carbocycles. The predicted molar refractivity (Wildman–Crippen MR) is 150 cm³/mol. The average molecular weight is 551 g/mol. The summed E-state index contributed by atoms with van der Waals surface area (Å²) in [5.74, 6) is 0.465. The molecule has 0 radical (unpaired) electrons. The molecule has 0 atom stereocenters. The fourth-order valence-corrected chi connectivity index (χ4v) is 4.86. The summed E-state index contributed by atoms with van der Waals surface area (Å²) in [4.78, 5) is 48.1. The third-order valence-electron chi connectivity index (χ3n) is 6.86. The minimum Gasteiger partial charge on any atom is -0.497 e. The van der Waals surface area contributed by atoms with Crippen LogP contribution in [0.25, 0.3) is 16.6 Å². The zero-order chi connectivity index (χ0) is 28.5. The second kappa shape index (κ2) is 10.6. The third kappa shape index (κ3) is 5.03. The molecule has 0 aliphatic heterocycles. The van der Waals surface area contributed by atoms with Gasteiger partial charge in [-0.15, -0.1) is 0 Å². The Kier molecular flexibility index (Phi) is 6.72. The number of nitrogens with one attached hydrogen (secondary N) is 1. The van der Waals surface area contributed by atoms with Gasteiger partial charge in [0.05, 0.1) is 18.8 Å². The first-order valence-electron chi connectivity index (χ1n) is 12.9. The Balaban J connectivity index is 1.28. The molecule has 0 bridgehead atoms. The summed E-state index contributed by atoms with van der Waals surface area (Å²) in [7, 11) is 1.58. The Hall–Kier alpha value is -5.38. The molecule has 6 rings (SSSR count). The number of fused-ring (bicyclic) bond motifs is 2. The molecule has 0 saturated heterocycles. The summed E-state index contributed by atoms with van der Waals surface area (Å²) in [5, 5.41) is 3.38. The maximum absolute atomic E-state index is 13.6. The number of pyridine rings is 3. The van der Waals surface area contributed by atoms with Crippen LogP contribution in [0, 0.1) is 5.82 Å². The van der Waals surface area contributed by atoms with E-state index in [1.165, 1.54) is 41.1 Å². The highest BCUT2D eigenvalue weighted by molar-refractivity contribution is 6.06. The quantitative estimate of drug-likeness (QED) is 0.297. The van der Waals surface area contributed by atoms with Crippen LogP contribution in [0.1, 0.15) is 39.3 Å². The van der Waals surface area contributed by atoms with Crippen molar-refractivity contribution in [3.63, 3.8) is 0 Å². The molecule has 5 aromatic rings. The lowest BCUT2D eigenvalue weighted by atomic mass is 9.92. The van der Waals surface area contributed by atoms with Crippen LogP contribution in [0.5, 0.6) is 17.2 Å². The largest absolute Gasteiger partial charge is 0.497 e. The Bertz CT molecular complexity index is 1870. The molecule has 0 fully saturated rings. The number of ether oxygens (including phenoxy) is 2. The van der Waals surface area contributed by atoms with Crippen molar-refractivity contribution in [1.29, 1.82) is 0 Å². The van der Waals surface area contributed by atoms with Crippen molar-refractivity contribution < 1.29 is 23.5 Å². The number of Topliss-reactive ketones (excluding diaryl/α,β-unsaturated/α-hetero) is 1. The van der Waals surface area contributed by atoms with E-state index in [1.54, 1.807) is 31.5 Å². The molecule has 9 nitrogen and oxygen atoms in total. The number of aromatic nitrogens is 3. The molecule has 0 spiro atoms. The maximum Gasteiger partial charge on any atom is 0.268 e. The lowest BCUT2D eigenvalue weighted by Crippen LogP contribution is -2.33. The normalized spacial score (nSPS) is 12.6. The van der Waals surface area contributed by atoms with E-state index in [9.17, 15) is 18.8 Å². The highest BCUT2D eigenvalue weighted by atomic mass is 19.1. The first-order chi connectivity index (χ1) is 19.9. The number of hydrogen-bond acceptors (Lipinski definition) is 7. The minimum absolute atomic E-state index is 0.156. The summed E-state index contributed by atoms with van der Waals surface area (Å²) in [5.41, 5.74) is 1.09. The Morgan fingerprint density at radius 2 is 1.76 bits per heavy atom. The zero-order valence-electron chi connectivity index (χ0n) is 21.9. The standard InChI is InChI=1S/C31H23FN4O5/c1-40-20-9-11-25-22(15-20)28(13-14-33-25)41-21-10-12-29(34-17-21)35-30(38)24-16-23-26(3-2-4-27(23)37)36(31(24)39)19-7-5-18(32)6-8-19/h5-17H,2-4H2,1H3,(H,34,35,38). The lowest BCUT2D eigenvalue weighted by molar-refractivity contribution is 0.0971. The molecular weight excluding hydrogens is 527 g/mol. The van der Waals surface area contributed by atoms with Crippen LogP contribution in [-0.4, -0.2) is 33.3 Å². The maximum atomic E-state index is 13.6. The summed E-state index contributed by atoms with van der Waals surface area (Å²) in [6.45, 7) is 0. The second-order valence-corrected chi connectivity index (χ2v) is 9.44. The van der Waals surface area contributed by atoms with E-state index >= 15 is 0 Å². The van der Waals surface area contributed by atoms with Gasteiger partial charge in [-0.2, -0.15) is 0 Å². The summed E-state index contributed by atoms with van der Waals surface area (Å²) in [6.07, 6.45) is 4.46. The van der Waals surface area contributed by atoms with Crippen LogP contribution in [-0.2, 0) is 6.42 Å². The number of rotatable bonds is 6. The first kappa shape index (κ1) is 25.9. The van der Waals surface area contributed by atoms with Crippen LogP contribution in [0.2, 0.25) is 0 Å². The minimum atomic E-state index is -0.722. The van der Waals surface area contributed by atoms with E-state index in [2.05, 4.69) is 15.3 Å². The van der Waals surface area contributed by atoms with Gasteiger partial charge in [-0.05, 0) is 79.6 Å². The SMILES string of the molecule is COc1ccc2nccc(Oc3ccc(NC(=O)c4cc5c(n(-c6ccc(F)cc6)c4=O)CCCC5=O)nc3)c2c1. The van der Waals surface area contributed by atoms with Gasteiger partial charge in [-0.25, -0.2) is 9.37 Å². The molecule has 3 heterocycles. The van der Waals surface area contributed by atoms with E-state index in [0.29, 0.717) is 53.5 Å². The fourth-order valence-electron chi connectivity index (χ4n) is 4.86. The number of ketones is 1. The highest BCUT2D eigenvalue weighted by Gasteiger charge is 2.26. The van der Waals surface area contributed by atoms with Crippen molar-refractivity contribution in [2.75, 3.05) is 12.4 Å². The van der Waals surface area contributed by atoms with Crippen LogP contribution >= 0.6 is 0 Å². The number of amides is 1. The van der Waals surface area contributed by atoms with Crippen LogP contribution in [0.4, 0.5) is 10.2 Å². The van der Waals surface area contributed by atoms with Crippen molar-refractivity contribution in [3.8, 4) is 22.9 Å². The molecule has 1 N–H and O–H groups in total. The number of hydrogen-bond donors (Lipinski definition) is 1. The molecule has 1 aliphatic carbocycles. The zero-order valence-corrected chi connectivity index (χ0v) is 21.9. The van der Waals surface area contributed by atoms with E-state index in [-0.39, 0.29) is 17.2 Å². The summed E-state index contributed by atoms with van der Waals surface area (Å²) in [6, 6.07) is 17.0. The molecule has 1 aliphatic rings.